The van der Waals surface area contributed by atoms with Gasteiger partial charge in [-0.25, -0.2) is 0 Å². The summed E-state index contributed by atoms with van der Waals surface area (Å²) in [6.45, 7) is 8.97. The number of aromatic nitrogens is 4. The molecule has 1 aliphatic rings. The summed E-state index contributed by atoms with van der Waals surface area (Å²) >= 11 is 5.90. The van der Waals surface area contributed by atoms with Crippen molar-refractivity contribution >= 4 is 11.6 Å². The summed E-state index contributed by atoms with van der Waals surface area (Å²) in [5.74, 6) is 0.812. The van der Waals surface area contributed by atoms with E-state index in [-0.39, 0.29) is 6.10 Å². The summed E-state index contributed by atoms with van der Waals surface area (Å²) in [5.41, 5.74) is 4.36. The first-order valence-electron chi connectivity index (χ1n) is 10.4. The fraction of sp³-hybridized carbons (Fsp3) is 0.455. The lowest BCUT2D eigenvalue weighted by Gasteiger charge is -2.31. The Hall–Kier alpha value is -2.35. The smallest absolute Gasteiger partial charge is 0.119 e. The molecule has 0 bridgehead atoms. The highest BCUT2D eigenvalue weighted by atomic mass is 35.5. The molecule has 1 N–H and O–H groups in total. The van der Waals surface area contributed by atoms with Crippen molar-refractivity contribution in [2.75, 3.05) is 26.3 Å². The molecule has 30 heavy (non-hydrogen) atoms. The number of hydrogen-bond acceptors (Lipinski definition) is 5. The molecule has 1 aliphatic heterocycles. The molecule has 0 saturated carbocycles. The summed E-state index contributed by atoms with van der Waals surface area (Å²) in [4.78, 5) is 2.41. The zero-order valence-electron chi connectivity index (χ0n) is 17.5. The van der Waals surface area contributed by atoms with Gasteiger partial charge in [-0.2, -0.15) is 10.2 Å². The quantitative estimate of drug-likeness (QED) is 0.590. The van der Waals surface area contributed by atoms with E-state index in [1.165, 1.54) is 5.56 Å². The number of aromatic amines is 1. The van der Waals surface area contributed by atoms with Crippen LogP contribution in [0.4, 0.5) is 0 Å². The minimum atomic E-state index is -0.0255. The van der Waals surface area contributed by atoms with Crippen LogP contribution in [0.1, 0.15) is 35.7 Å². The average Bonchev–Trinajstić information content (AvgIpc) is 3.37. The Morgan fingerprint density at radius 3 is 2.90 bits per heavy atom. The maximum atomic E-state index is 6.00. The monoisotopic (exact) mass is 429 g/mol. The molecule has 1 unspecified atom stereocenters. The number of rotatable bonds is 8. The Bertz CT molecular complexity index is 953. The molecule has 0 spiro atoms. The summed E-state index contributed by atoms with van der Waals surface area (Å²) in [6.07, 6.45) is 2.87. The predicted octanol–water partition coefficient (Wildman–Crippen LogP) is 3.78. The SMILES string of the molecule is CCn1cc(CN2CCOC(c3cc(CCOc4ccc(Cl)cc4)[nH]n3)C2)c(C)n1. The number of benzene rings is 1. The highest BCUT2D eigenvalue weighted by molar-refractivity contribution is 6.30. The molecule has 1 atom stereocenters. The number of morpholine rings is 1. The molecule has 2 aromatic heterocycles. The van der Waals surface area contributed by atoms with Crippen molar-refractivity contribution in [1.29, 1.82) is 0 Å². The molecule has 3 heterocycles. The number of H-pyrrole nitrogens is 1. The lowest BCUT2D eigenvalue weighted by atomic mass is 10.1. The molecule has 1 aromatic carbocycles. The molecule has 0 aliphatic carbocycles. The highest BCUT2D eigenvalue weighted by Crippen LogP contribution is 2.23. The molecule has 4 rings (SSSR count). The minimum absolute atomic E-state index is 0.0255. The van der Waals surface area contributed by atoms with Crippen molar-refractivity contribution in [3.63, 3.8) is 0 Å². The van der Waals surface area contributed by atoms with Gasteiger partial charge in [-0.3, -0.25) is 14.7 Å². The van der Waals surface area contributed by atoms with Gasteiger partial charge in [0.25, 0.3) is 0 Å². The van der Waals surface area contributed by atoms with E-state index in [1.54, 1.807) is 0 Å². The Morgan fingerprint density at radius 2 is 2.13 bits per heavy atom. The molecule has 1 saturated heterocycles. The van der Waals surface area contributed by atoms with Crippen LogP contribution in [0.25, 0.3) is 0 Å². The molecule has 7 nitrogen and oxygen atoms in total. The number of aryl methyl sites for hydroxylation is 2. The van der Waals surface area contributed by atoms with Gasteiger partial charge in [-0.1, -0.05) is 11.6 Å². The van der Waals surface area contributed by atoms with Crippen molar-refractivity contribution in [2.45, 2.75) is 39.5 Å². The summed E-state index contributed by atoms with van der Waals surface area (Å²) in [5, 5.41) is 12.9. The standard InChI is InChI=1S/C22H28ClN5O2/c1-3-28-14-17(16(2)26-28)13-27-9-11-30-22(15-27)21-12-19(24-25-21)8-10-29-20-6-4-18(23)5-7-20/h4-7,12,14,22H,3,8-11,13,15H2,1-2H3,(H,24,25). The summed E-state index contributed by atoms with van der Waals surface area (Å²) in [6, 6.07) is 9.48. The van der Waals surface area contributed by atoms with E-state index in [2.05, 4.69) is 46.3 Å². The van der Waals surface area contributed by atoms with Crippen LogP contribution in [0.5, 0.6) is 5.75 Å². The number of nitrogens with one attached hydrogen (secondary N) is 1. The van der Waals surface area contributed by atoms with E-state index in [0.717, 1.165) is 55.4 Å². The van der Waals surface area contributed by atoms with Crippen LogP contribution in [0.2, 0.25) is 5.02 Å². The Kier molecular flexibility index (Phi) is 6.72. The second kappa shape index (κ2) is 9.64. The lowest BCUT2D eigenvalue weighted by Crippen LogP contribution is -2.38. The van der Waals surface area contributed by atoms with E-state index in [1.807, 2.05) is 28.9 Å². The zero-order valence-corrected chi connectivity index (χ0v) is 18.2. The van der Waals surface area contributed by atoms with Crippen LogP contribution in [0.3, 0.4) is 0 Å². The Morgan fingerprint density at radius 1 is 1.30 bits per heavy atom. The van der Waals surface area contributed by atoms with E-state index in [0.29, 0.717) is 18.2 Å². The number of nitrogens with zero attached hydrogens (tertiary/aromatic N) is 4. The van der Waals surface area contributed by atoms with Gasteiger partial charge >= 0.3 is 0 Å². The van der Waals surface area contributed by atoms with Gasteiger partial charge in [0, 0.05) is 55.1 Å². The van der Waals surface area contributed by atoms with Crippen molar-refractivity contribution in [2.24, 2.45) is 0 Å². The zero-order chi connectivity index (χ0) is 20.9. The average molecular weight is 430 g/mol. The van der Waals surface area contributed by atoms with Crippen molar-refractivity contribution in [3.8, 4) is 5.75 Å². The number of hydrogen-bond donors (Lipinski definition) is 1. The molecular formula is C22H28ClN5O2. The van der Waals surface area contributed by atoms with Crippen LogP contribution < -0.4 is 4.74 Å². The van der Waals surface area contributed by atoms with E-state index in [9.17, 15) is 0 Å². The van der Waals surface area contributed by atoms with Gasteiger partial charge in [0.05, 0.1) is 24.6 Å². The topological polar surface area (TPSA) is 68.2 Å². The maximum absolute atomic E-state index is 6.00. The van der Waals surface area contributed by atoms with Crippen LogP contribution in [0, 0.1) is 6.92 Å². The number of ether oxygens (including phenoxy) is 2. The van der Waals surface area contributed by atoms with Gasteiger partial charge in [0.1, 0.15) is 11.9 Å². The van der Waals surface area contributed by atoms with Gasteiger partial charge in [-0.15, -0.1) is 0 Å². The third kappa shape index (κ3) is 5.22. The minimum Gasteiger partial charge on any atom is -0.493 e. The van der Waals surface area contributed by atoms with Gasteiger partial charge in [0.2, 0.25) is 0 Å². The maximum Gasteiger partial charge on any atom is 0.119 e. The van der Waals surface area contributed by atoms with Crippen molar-refractivity contribution in [1.82, 2.24) is 24.9 Å². The fourth-order valence-electron chi connectivity index (χ4n) is 3.62. The third-order valence-corrected chi connectivity index (χ3v) is 5.60. The van der Waals surface area contributed by atoms with Crippen LogP contribution in [-0.2, 0) is 24.2 Å². The summed E-state index contributed by atoms with van der Waals surface area (Å²) in [7, 11) is 0. The second-order valence-electron chi connectivity index (χ2n) is 7.56. The molecule has 0 radical (unpaired) electrons. The van der Waals surface area contributed by atoms with E-state index < -0.39 is 0 Å². The van der Waals surface area contributed by atoms with Crippen molar-refractivity contribution in [3.05, 3.63) is 64.2 Å². The van der Waals surface area contributed by atoms with Gasteiger partial charge in [0.15, 0.2) is 0 Å². The molecule has 0 amide bonds. The molecular weight excluding hydrogens is 402 g/mol. The largest absolute Gasteiger partial charge is 0.493 e. The van der Waals surface area contributed by atoms with Crippen LogP contribution in [-0.4, -0.2) is 51.2 Å². The normalized spacial score (nSPS) is 17.4. The molecule has 1 fully saturated rings. The molecule has 3 aromatic rings. The van der Waals surface area contributed by atoms with Crippen LogP contribution >= 0.6 is 11.6 Å². The van der Waals surface area contributed by atoms with Gasteiger partial charge < -0.3 is 9.47 Å². The second-order valence-corrected chi connectivity index (χ2v) is 8.00. The first-order valence-corrected chi connectivity index (χ1v) is 10.8. The number of halogens is 1. The third-order valence-electron chi connectivity index (χ3n) is 5.35. The Labute approximate surface area is 181 Å². The van der Waals surface area contributed by atoms with E-state index in [4.69, 9.17) is 21.1 Å². The molecule has 8 heteroatoms. The lowest BCUT2D eigenvalue weighted by molar-refractivity contribution is -0.0350. The van der Waals surface area contributed by atoms with Crippen molar-refractivity contribution < 1.29 is 9.47 Å². The van der Waals surface area contributed by atoms with Crippen LogP contribution in [0.15, 0.2) is 36.5 Å². The Balaban J connectivity index is 1.30. The van der Waals surface area contributed by atoms with Gasteiger partial charge in [-0.05, 0) is 44.2 Å². The predicted molar refractivity (Wildman–Crippen MR) is 116 cm³/mol. The van der Waals surface area contributed by atoms with E-state index >= 15 is 0 Å². The molecule has 160 valence electrons. The fourth-order valence-corrected chi connectivity index (χ4v) is 3.75. The highest BCUT2D eigenvalue weighted by Gasteiger charge is 2.25. The first kappa shape index (κ1) is 20.9. The summed E-state index contributed by atoms with van der Waals surface area (Å²) < 4.78 is 13.8. The first-order chi connectivity index (χ1) is 14.6.